The van der Waals surface area contributed by atoms with Crippen LogP contribution in [0.15, 0.2) is 42.0 Å². The van der Waals surface area contributed by atoms with Crippen LogP contribution in [0.5, 0.6) is 0 Å². The fraction of sp³-hybridized carbons (Fsp3) is 0.583. The zero-order valence-corrected chi connectivity index (χ0v) is 17.3. The van der Waals surface area contributed by atoms with Crippen molar-refractivity contribution >= 4 is 11.9 Å². The first-order valence-electron chi connectivity index (χ1n) is 10.2. The second-order valence-electron chi connectivity index (χ2n) is 9.98. The lowest BCUT2D eigenvalue weighted by atomic mass is 9.41. The first-order valence-corrected chi connectivity index (χ1v) is 10.2. The molecule has 4 aliphatic carbocycles. The second-order valence-corrected chi connectivity index (χ2v) is 9.98. The molecule has 1 aromatic carbocycles. The normalized spacial score (nSPS) is 33.5. The van der Waals surface area contributed by atoms with Crippen LogP contribution in [0.3, 0.4) is 0 Å². The highest BCUT2D eigenvalue weighted by molar-refractivity contribution is 5.84. The third-order valence-corrected chi connectivity index (χ3v) is 6.86. The fourth-order valence-electron chi connectivity index (χ4n) is 6.23. The monoisotopic (exact) mass is 382 g/mol. The van der Waals surface area contributed by atoms with Gasteiger partial charge in [0.25, 0.3) is 0 Å². The molecule has 1 aromatic rings. The van der Waals surface area contributed by atoms with Gasteiger partial charge in [0.1, 0.15) is 5.60 Å². The number of carbonyl (C=O) groups excluding carboxylic acids is 2. The molecule has 2 atom stereocenters. The van der Waals surface area contributed by atoms with Crippen LogP contribution in [0.1, 0.15) is 58.4 Å². The van der Waals surface area contributed by atoms with Gasteiger partial charge in [0.05, 0.1) is 12.5 Å². The molecular weight excluding hydrogens is 352 g/mol. The van der Waals surface area contributed by atoms with Crippen molar-refractivity contribution in [2.75, 3.05) is 7.11 Å². The van der Waals surface area contributed by atoms with Crippen molar-refractivity contribution in [3.05, 3.63) is 47.5 Å². The van der Waals surface area contributed by atoms with Crippen LogP contribution in [0.4, 0.5) is 0 Å². The minimum absolute atomic E-state index is 0.00739. The molecule has 4 aliphatic rings. The largest absolute Gasteiger partial charge is 0.469 e. The molecule has 0 spiro atoms. The van der Waals surface area contributed by atoms with E-state index in [0.717, 1.165) is 32.1 Å². The van der Waals surface area contributed by atoms with Gasteiger partial charge in [0.15, 0.2) is 0 Å². The first kappa shape index (κ1) is 19.2. The van der Waals surface area contributed by atoms with E-state index in [2.05, 4.69) is 24.3 Å². The molecule has 2 unspecified atom stereocenters. The zero-order chi connectivity index (χ0) is 20.2. The molecule has 0 amide bonds. The molecule has 4 saturated carbocycles. The molecule has 0 heterocycles. The summed E-state index contributed by atoms with van der Waals surface area (Å²) in [6, 6.07) is 10.6. The van der Waals surface area contributed by atoms with Crippen LogP contribution in [0, 0.1) is 17.3 Å². The molecular formula is C24H30O4. The van der Waals surface area contributed by atoms with Crippen molar-refractivity contribution in [2.24, 2.45) is 17.3 Å². The van der Waals surface area contributed by atoms with Crippen molar-refractivity contribution in [3.8, 4) is 0 Å². The number of esters is 2. The van der Waals surface area contributed by atoms with Gasteiger partial charge in [0.2, 0.25) is 0 Å². The van der Waals surface area contributed by atoms with Crippen molar-refractivity contribution in [1.29, 1.82) is 0 Å². The lowest BCUT2D eigenvalue weighted by Gasteiger charge is -2.62. The van der Waals surface area contributed by atoms with E-state index in [-0.39, 0.29) is 29.2 Å². The molecule has 0 aliphatic heterocycles. The zero-order valence-electron chi connectivity index (χ0n) is 17.3. The van der Waals surface area contributed by atoms with Gasteiger partial charge >= 0.3 is 11.9 Å². The van der Waals surface area contributed by atoms with Crippen molar-refractivity contribution in [3.63, 3.8) is 0 Å². The summed E-state index contributed by atoms with van der Waals surface area (Å²) in [7, 11) is 1.49. The van der Waals surface area contributed by atoms with Crippen LogP contribution < -0.4 is 0 Å². The summed E-state index contributed by atoms with van der Waals surface area (Å²) in [5.74, 6) is 0.107. The number of rotatable bonds is 3. The number of allylic oxidation sites excluding steroid dienone is 1. The minimum atomic E-state index is -0.501. The molecule has 4 nitrogen and oxygen atoms in total. The molecule has 0 N–H and O–H groups in total. The Bertz CT molecular complexity index is 797. The van der Waals surface area contributed by atoms with E-state index in [4.69, 9.17) is 9.47 Å². The SMILES string of the molecule is COC(=O)C12CC3CC(c4ccccc4)(CC(C1)C3=CC(=O)OC(C)(C)C)C2. The van der Waals surface area contributed by atoms with Gasteiger partial charge in [0, 0.05) is 6.08 Å². The highest BCUT2D eigenvalue weighted by Gasteiger charge is 2.63. The molecule has 150 valence electrons. The Labute approximate surface area is 167 Å². The van der Waals surface area contributed by atoms with E-state index in [1.165, 1.54) is 18.2 Å². The van der Waals surface area contributed by atoms with Crippen molar-refractivity contribution < 1.29 is 19.1 Å². The van der Waals surface area contributed by atoms with Gasteiger partial charge in [-0.2, -0.15) is 0 Å². The van der Waals surface area contributed by atoms with Crippen molar-refractivity contribution in [2.45, 2.75) is 63.9 Å². The summed E-state index contributed by atoms with van der Waals surface area (Å²) in [6.07, 6.45) is 6.10. The molecule has 0 aromatic heterocycles. The average Bonchev–Trinajstić information content (AvgIpc) is 2.63. The Morgan fingerprint density at radius 3 is 2.18 bits per heavy atom. The van der Waals surface area contributed by atoms with Gasteiger partial charge in [-0.25, -0.2) is 4.79 Å². The standard InChI is InChI=1S/C24H30O4/c1-22(2,3)28-20(25)10-19-16-11-23(18-8-6-5-7-9-18)12-17(19)14-24(13-16,15-23)21(26)27-4/h5-10,16-17H,11-15H2,1-4H3. The van der Waals surface area contributed by atoms with E-state index in [1.807, 2.05) is 26.8 Å². The molecule has 28 heavy (non-hydrogen) atoms. The maximum absolute atomic E-state index is 12.8. The number of hydrogen-bond acceptors (Lipinski definition) is 4. The Hall–Kier alpha value is -2.10. The highest BCUT2D eigenvalue weighted by Crippen LogP contribution is 2.67. The number of ether oxygens (including phenoxy) is 2. The average molecular weight is 383 g/mol. The minimum Gasteiger partial charge on any atom is -0.469 e. The highest BCUT2D eigenvalue weighted by atomic mass is 16.6. The summed E-state index contributed by atoms with van der Waals surface area (Å²) >= 11 is 0. The first-order chi connectivity index (χ1) is 13.2. The summed E-state index contributed by atoms with van der Waals surface area (Å²) in [6.45, 7) is 5.66. The van der Waals surface area contributed by atoms with Crippen LogP contribution >= 0.6 is 0 Å². The number of benzene rings is 1. The number of hydrogen-bond donors (Lipinski definition) is 0. The van der Waals surface area contributed by atoms with Crippen LogP contribution in [0.25, 0.3) is 0 Å². The summed E-state index contributed by atoms with van der Waals surface area (Å²) in [5, 5.41) is 0. The summed E-state index contributed by atoms with van der Waals surface area (Å²) in [5.41, 5.74) is 1.56. The fourth-order valence-corrected chi connectivity index (χ4v) is 6.23. The van der Waals surface area contributed by atoms with Gasteiger partial charge in [-0.1, -0.05) is 35.9 Å². The Morgan fingerprint density at radius 2 is 1.64 bits per heavy atom. The van der Waals surface area contributed by atoms with Crippen LogP contribution in [-0.2, 0) is 24.5 Å². The maximum atomic E-state index is 12.8. The smallest absolute Gasteiger partial charge is 0.331 e. The quantitative estimate of drug-likeness (QED) is 0.567. The number of carbonyl (C=O) groups is 2. The third kappa shape index (κ3) is 3.17. The van der Waals surface area contributed by atoms with Crippen molar-refractivity contribution in [1.82, 2.24) is 0 Å². The number of methoxy groups -OCH3 is 1. The Morgan fingerprint density at radius 1 is 1.04 bits per heavy atom. The van der Waals surface area contributed by atoms with E-state index >= 15 is 0 Å². The molecule has 0 saturated heterocycles. The lowest BCUT2D eigenvalue weighted by molar-refractivity contribution is -0.166. The summed E-state index contributed by atoms with van der Waals surface area (Å²) < 4.78 is 10.8. The predicted molar refractivity (Wildman–Crippen MR) is 107 cm³/mol. The molecule has 0 radical (unpaired) electrons. The molecule has 5 rings (SSSR count). The van der Waals surface area contributed by atoms with E-state index in [1.54, 1.807) is 6.08 Å². The van der Waals surface area contributed by atoms with Crippen LogP contribution in [0.2, 0.25) is 0 Å². The maximum Gasteiger partial charge on any atom is 0.331 e. The predicted octanol–water partition coefficient (Wildman–Crippen LogP) is 4.58. The molecule has 4 heteroatoms. The van der Waals surface area contributed by atoms with Gasteiger partial charge < -0.3 is 9.47 Å². The topological polar surface area (TPSA) is 52.6 Å². The Kier molecular flexibility index (Phi) is 4.44. The van der Waals surface area contributed by atoms with E-state index in [0.29, 0.717) is 0 Å². The van der Waals surface area contributed by atoms with E-state index in [9.17, 15) is 9.59 Å². The third-order valence-electron chi connectivity index (χ3n) is 6.86. The van der Waals surface area contributed by atoms with E-state index < -0.39 is 11.0 Å². The second kappa shape index (κ2) is 6.47. The van der Waals surface area contributed by atoms with Crippen LogP contribution in [-0.4, -0.2) is 24.6 Å². The Balaban J connectivity index is 1.71. The molecule has 4 fully saturated rings. The van der Waals surface area contributed by atoms with Gasteiger partial charge in [-0.15, -0.1) is 0 Å². The summed E-state index contributed by atoms with van der Waals surface area (Å²) in [4.78, 5) is 25.3. The lowest BCUT2D eigenvalue weighted by Crippen LogP contribution is -2.58. The molecule has 4 bridgehead atoms. The van der Waals surface area contributed by atoms with Gasteiger partial charge in [-0.05, 0) is 75.7 Å². The van der Waals surface area contributed by atoms with Gasteiger partial charge in [-0.3, -0.25) is 4.79 Å².